The third kappa shape index (κ3) is 2.90. The van der Waals surface area contributed by atoms with E-state index in [0.29, 0.717) is 0 Å². The summed E-state index contributed by atoms with van der Waals surface area (Å²) in [4.78, 5) is 0. The van der Waals surface area contributed by atoms with Gasteiger partial charge in [0.15, 0.2) is 5.82 Å². The lowest BCUT2D eigenvalue weighted by Gasteiger charge is -2.16. The highest BCUT2D eigenvalue weighted by atomic mass is 15.5. The lowest BCUT2D eigenvalue weighted by Crippen LogP contribution is -2.14. The minimum absolute atomic E-state index is 0.165. The molecule has 0 fully saturated rings. The number of tetrazole rings is 1. The van der Waals surface area contributed by atoms with Gasteiger partial charge in [-0.15, -0.1) is 5.10 Å². The molecular formula is C13H17N4. The molecule has 2 rings (SSSR count). The molecule has 0 unspecified atom stereocenters. The molecule has 0 atom stereocenters. The van der Waals surface area contributed by atoms with Gasteiger partial charge in [0, 0.05) is 6.42 Å². The van der Waals surface area contributed by atoms with Crippen LogP contribution in [-0.4, -0.2) is 20.2 Å². The van der Waals surface area contributed by atoms with Crippen LogP contribution in [-0.2, 0) is 6.42 Å². The Kier molecular flexibility index (Phi) is 2.96. The van der Waals surface area contributed by atoms with Gasteiger partial charge in [-0.1, -0.05) is 32.9 Å². The van der Waals surface area contributed by atoms with Crippen LogP contribution in [0.25, 0.3) is 5.69 Å². The van der Waals surface area contributed by atoms with E-state index in [0.717, 1.165) is 23.5 Å². The van der Waals surface area contributed by atoms with Gasteiger partial charge in [-0.25, -0.2) is 0 Å². The fraction of sp³-hybridized carbons (Fsp3) is 0.385. The zero-order valence-electron chi connectivity index (χ0n) is 10.5. The summed E-state index contributed by atoms with van der Waals surface area (Å²) in [6, 6.07) is 7.87. The Hall–Kier alpha value is -1.71. The van der Waals surface area contributed by atoms with Crippen LogP contribution in [0.5, 0.6) is 0 Å². The van der Waals surface area contributed by atoms with E-state index in [1.54, 1.807) is 4.68 Å². The van der Waals surface area contributed by atoms with Crippen LogP contribution in [0.3, 0.4) is 0 Å². The van der Waals surface area contributed by atoms with Crippen LogP contribution < -0.4 is 0 Å². The van der Waals surface area contributed by atoms with Crippen LogP contribution in [0.2, 0.25) is 0 Å². The number of hydrogen-bond acceptors (Lipinski definition) is 3. The molecule has 4 heteroatoms. The summed E-state index contributed by atoms with van der Waals surface area (Å²) in [7, 11) is 0. The molecule has 0 saturated heterocycles. The first-order chi connectivity index (χ1) is 7.96. The van der Waals surface area contributed by atoms with Gasteiger partial charge in [0.25, 0.3) is 0 Å². The van der Waals surface area contributed by atoms with Crippen LogP contribution in [0, 0.1) is 12.3 Å². The number of benzene rings is 1. The molecule has 2 aromatic rings. The third-order valence-electron chi connectivity index (χ3n) is 2.40. The highest BCUT2D eigenvalue weighted by Crippen LogP contribution is 2.20. The summed E-state index contributed by atoms with van der Waals surface area (Å²) in [5.41, 5.74) is 2.12. The Balaban J connectivity index is 2.33. The molecule has 0 spiro atoms. The first-order valence-corrected chi connectivity index (χ1v) is 5.65. The minimum atomic E-state index is 0.165. The molecule has 4 nitrogen and oxygen atoms in total. The molecule has 89 valence electrons. The van der Waals surface area contributed by atoms with E-state index in [1.807, 2.05) is 24.3 Å². The summed E-state index contributed by atoms with van der Waals surface area (Å²) in [5.74, 6) is 0.884. The van der Waals surface area contributed by atoms with Crippen molar-refractivity contribution in [2.24, 2.45) is 5.41 Å². The molecule has 17 heavy (non-hydrogen) atoms. The molecule has 1 radical (unpaired) electrons. The highest BCUT2D eigenvalue weighted by molar-refractivity contribution is 5.35. The molecule has 0 bridgehead atoms. The largest absolute Gasteiger partial charge is 0.197 e. The molecule has 0 amide bonds. The molecule has 1 aromatic carbocycles. The average Bonchev–Trinajstić information content (AvgIpc) is 2.64. The molecule has 0 aliphatic rings. The molecule has 0 aliphatic carbocycles. The van der Waals surface area contributed by atoms with Gasteiger partial charge in [-0.3, -0.25) is 0 Å². The number of hydrogen-bond donors (Lipinski definition) is 0. The van der Waals surface area contributed by atoms with Crippen molar-refractivity contribution in [3.05, 3.63) is 42.6 Å². The minimum Gasteiger partial charge on any atom is -0.197 e. The number of aromatic nitrogens is 4. The monoisotopic (exact) mass is 229 g/mol. The van der Waals surface area contributed by atoms with E-state index in [4.69, 9.17) is 0 Å². The maximum atomic E-state index is 4.09. The van der Waals surface area contributed by atoms with Crippen molar-refractivity contribution in [3.8, 4) is 5.69 Å². The quantitative estimate of drug-likeness (QED) is 0.794. The van der Waals surface area contributed by atoms with Crippen molar-refractivity contribution in [1.29, 1.82) is 0 Å². The van der Waals surface area contributed by atoms with Crippen LogP contribution in [0.4, 0.5) is 0 Å². The standard InChI is InChI=1S/C13H17N4/c1-10-5-7-11(8-6-10)17-12(14-15-16-17)9-13(2,3)4/h5-8H,1,9H2,2-4H3. The molecular weight excluding hydrogens is 212 g/mol. The average molecular weight is 229 g/mol. The van der Waals surface area contributed by atoms with E-state index in [9.17, 15) is 0 Å². The van der Waals surface area contributed by atoms with Gasteiger partial charge in [0.05, 0.1) is 5.69 Å². The maximum absolute atomic E-state index is 4.09. The first kappa shape index (κ1) is 11.8. The Bertz CT molecular complexity index is 491. The number of rotatable bonds is 2. The van der Waals surface area contributed by atoms with E-state index in [2.05, 4.69) is 43.2 Å². The maximum Gasteiger partial charge on any atom is 0.157 e. The van der Waals surface area contributed by atoms with Crippen molar-refractivity contribution in [1.82, 2.24) is 20.2 Å². The van der Waals surface area contributed by atoms with Gasteiger partial charge >= 0.3 is 0 Å². The Morgan fingerprint density at radius 3 is 2.41 bits per heavy atom. The summed E-state index contributed by atoms with van der Waals surface area (Å²) in [6.45, 7) is 10.4. The molecule has 0 saturated carbocycles. The Morgan fingerprint density at radius 2 is 1.82 bits per heavy atom. The Morgan fingerprint density at radius 1 is 1.18 bits per heavy atom. The van der Waals surface area contributed by atoms with Crippen molar-refractivity contribution in [2.75, 3.05) is 0 Å². The van der Waals surface area contributed by atoms with E-state index >= 15 is 0 Å². The molecule has 0 aliphatic heterocycles. The second kappa shape index (κ2) is 4.28. The lowest BCUT2D eigenvalue weighted by atomic mass is 9.92. The van der Waals surface area contributed by atoms with Crippen molar-refractivity contribution < 1.29 is 0 Å². The summed E-state index contributed by atoms with van der Waals surface area (Å²) < 4.78 is 1.78. The van der Waals surface area contributed by atoms with Gasteiger partial charge < -0.3 is 0 Å². The van der Waals surface area contributed by atoms with Gasteiger partial charge in [0.2, 0.25) is 0 Å². The third-order valence-corrected chi connectivity index (χ3v) is 2.40. The first-order valence-electron chi connectivity index (χ1n) is 5.65. The Labute approximate surface area is 102 Å². The highest BCUT2D eigenvalue weighted by Gasteiger charge is 2.17. The summed E-state index contributed by atoms with van der Waals surface area (Å²) in [5, 5.41) is 11.9. The van der Waals surface area contributed by atoms with Crippen LogP contribution in [0.15, 0.2) is 24.3 Å². The van der Waals surface area contributed by atoms with Crippen molar-refractivity contribution in [3.63, 3.8) is 0 Å². The van der Waals surface area contributed by atoms with Gasteiger partial charge in [-0.05, 0) is 40.5 Å². The second-order valence-corrected chi connectivity index (χ2v) is 5.41. The lowest BCUT2D eigenvalue weighted by molar-refractivity contribution is 0.396. The molecule has 1 heterocycles. The van der Waals surface area contributed by atoms with Crippen molar-refractivity contribution >= 4 is 0 Å². The van der Waals surface area contributed by atoms with E-state index < -0.39 is 0 Å². The fourth-order valence-electron chi connectivity index (χ4n) is 1.63. The topological polar surface area (TPSA) is 43.6 Å². The summed E-state index contributed by atoms with van der Waals surface area (Å²) >= 11 is 0. The van der Waals surface area contributed by atoms with E-state index in [1.165, 1.54) is 0 Å². The zero-order chi connectivity index (χ0) is 12.5. The van der Waals surface area contributed by atoms with Gasteiger partial charge in [-0.2, -0.15) is 4.68 Å². The van der Waals surface area contributed by atoms with E-state index in [-0.39, 0.29) is 5.41 Å². The fourth-order valence-corrected chi connectivity index (χ4v) is 1.63. The molecule has 1 aromatic heterocycles. The predicted molar refractivity (Wildman–Crippen MR) is 66.8 cm³/mol. The second-order valence-electron chi connectivity index (χ2n) is 5.41. The SMILES string of the molecule is [CH2]c1ccc(-n2nnnc2CC(C)(C)C)cc1. The number of nitrogens with zero attached hydrogens (tertiary/aromatic N) is 4. The summed E-state index contributed by atoms with van der Waals surface area (Å²) in [6.07, 6.45) is 0.839. The van der Waals surface area contributed by atoms with Crippen LogP contribution >= 0.6 is 0 Å². The van der Waals surface area contributed by atoms with Crippen LogP contribution in [0.1, 0.15) is 32.2 Å². The van der Waals surface area contributed by atoms with Crippen molar-refractivity contribution in [2.45, 2.75) is 27.2 Å². The van der Waals surface area contributed by atoms with Gasteiger partial charge in [0.1, 0.15) is 0 Å². The normalized spacial score (nSPS) is 11.8. The zero-order valence-corrected chi connectivity index (χ0v) is 10.5. The molecule has 0 N–H and O–H groups in total. The smallest absolute Gasteiger partial charge is 0.157 e. The predicted octanol–water partition coefficient (Wildman–Crippen LogP) is 2.43.